The van der Waals surface area contributed by atoms with Gasteiger partial charge in [-0.25, -0.2) is 4.98 Å². The van der Waals surface area contributed by atoms with Crippen molar-refractivity contribution in [2.24, 2.45) is 11.3 Å². The Labute approximate surface area is 169 Å². The topological polar surface area (TPSA) is 90.7 Å². The van der Waals surface area contributed by atoms with Gasteiger partial charge in [0.25, 0.3) is 0 Å². The molecule has 6 nitrogen and oxygen atoms in total. The van der Waals surface area contributed by atoms with Gasteiger partial charge in [0.2, 0.25) is 5.91 Å². The number of carboxylic acids is 1. The molecule has 0 radical (unpaired) electrons. The number of nitrogens with zero attached hydrogens (tertiary/aromatic N) is 2. The molecule has 4 atom stereocenters. The van der Waals surface area contributed by atoms with Crippen LogP contribution in [0.1, 0.15) is 57.2 Å². The maximum atomic E-state index is 13.5. The van der Waals surface area contributed by atoms with Crippen molar-refractivity contribution in [1.29, 1.82) is 0 Å². The van der Waals surface area contributed by atoms with E-state index in [1.807, 2.05) is 17.2 Å². The number of carbonyl (C=O) groups is 2. The van der Waals surface area contributed by atoms with Crippen LogP contribution >= 0.6 is 11.3 Å². The summed E-state index contributed by atoms with van der Waals surface area (Å²) in [5, 5.41) is 22.6. The van der Waals surface area contributed by atoms with Gasteiger partial charge in [0, 0.05) is 23.9 Å². The van der Waals surface area contributed by atoms with Crippen molar-refractivity contribution < 1.29 is 19.8 Å². The van der Waals surface area contributed by atoms with Crippen molar-refractivity contribution in [2.75, 3.05) is 6.54 Å². The number of aliphatic hydroxyl groups is 1. The third kappa shape index (κ3) is 3.78. The minimum atomic E-state index is -1.10. The zero-order valence-electron chi connectivity index (χ0n) is 16.8. The van der Waals surface area contributed by atoms with Gasteiger partial charge in [0.15, 0.2) is 0 Å². The number of aromatic nitrogens is 1. The van der Waals surface area contributed by atoms with Crippen molar-refractivity contribution in [3.8, 4) is 0 Å². The van der Waals surface area contributed by atoms with Crippen LogP contribution in [-0.2, 0) is 15.2 Å². The summed E-state index contributed by atoms with van der Waals surface area (Å²) in [6.07, 6.45) is 8.48. The number of amides is 1. The first-order chi connectivity index (χ1) is 13.0. The molecular weight excluding hydrogens is 376 g/mol. The molecule has 2 N–H and O–H groups in total. The lowest BCUT2D eigenvalue weighted by Crippen LogP contribution is -2.53. The summed E-state index contributed by atoms with van der Waals surface area (Å²) in [6, 6.07) is 0.0445. The number of hydrogen-bond donors (Lipinski definition) is 2. The summed E-state index contributed by atoms with van der Waals surface area (Å²) in [5.74, 6) is -1.93. The highest BCUT2D eigenvalue weighted by molar-refractivity contribution is 7.09. The fourth-order valence-electron chi connectivity index (χ4n) is 3.93. The highest BCUT2D eigenvalue weighted by Crippen LogP contribution is 2.40. The maximum absolute atomic E-state index is 13.5. The van der Waals surface area contributed by atoms with Crippen LogP contribution in [0.2, 0.25) is 0 Å². The van der Waals surface area contributed by atoms with Gasteiger partial charge in [-0.15, -0.1) is 11.3 Å². The predicted octanol–water partition coefficient (Wildman–Crippen LogP) is 3.30. The molecule has 7 heteroatoms. The predicted molar refractivity (Wildman–Crippen MR) is 108 cm³/mol. The van der Waals surface area contributed by atoms with Gasteiger partial charge in [-0.2, -0.15) is 0 Å². The molecule has 1 aromatic heterocycles. The summed E-state index contributed by atoms with van der Waals surface area (Å²) in [4.78, 5) is 31.6. The van der Waals surface area contributed by atoms with Crippen LogP contribution in [0.15, 0.2) is 29.7 Å². The third-order valence-electron chi connectivity index (χ3n) is 5.87. The lowest BCUT2D eigenvalue weighted by molar-refractivity contribution is -0.154. The zero-order valence-corrected chi connectivity index (χ0v) is 17.6. The minimum absolute atomic E-state index is 0.0445. The van der Waals surface area contributed by atoms with Crippen LogP contribution in [0.3, 0.4) is 0 Å². The average molecular weight is 405 g/mol. The SMILES string of the molecule is C[C@@H]1CC[C@@H](c2nc(C(C)(C)O)cs2)CN1C(=O)C1(C)C=CC=CC1C(=O)O. The molecule has 0 aromatic carbocycles. The standard InChI is InChI=1S/C21H28N2O4S/c1-13-8-9-14(17-22-16(12-28-17)20(2,3)27)11-23(13)19(26)21(4)10-6-5-7-15(21)18(24)25/h5-7,10,12-15,27H,8-9,11H2,1-4H3,(H,24,25)/t13-,14-,15?,21?/m1/s1. The van der Waals surface area contributed by atoms with E-state index in [0.717, 1.165) is 17.8 Å². The van der Waals surface area contributed by atoms with Gasteiger partial charge in [0.1, 0.15) is 5.60 Å². The van der Waals surface area contributed by atoms with Gasteiger partial charge >= 0.3 is 5.97 Å². The molecule has 2 aliphatic rings. The van der Waals surface area contributed by atoms with E-state index in [2.05, 4.69) is 4.98 Å². The van der Waals surface area contributed by atoms with E-state index in [-0.39, 0.29) is 17.9 Å². The molecular formula is C21H28N2O4S. The van der Waals surface area contributed by atoms with Crippen LogP contribution in [0.25, 0.3) is 0 Å². The van der Waals surface area contributed by atoms with Crippen molar-refractivity contribution in [2.45, 2.75) is 58.1 Å². The monoisotopic (exact) mass is 404 g/mol. The molecule has 2 unspecified atom stereocenters. The second-order valence-electron chi connectivity index (χ2n) is 8.55. The van der Waals surface area contributed by atoms with E-state index in [4.69, 9.17) is 0 Å². The Bertz CT molecular complexity index is 823. The molecule has 1 aliphatic carbocycles. The third-order valence-corrected chi connectivity index (χ3v) is 6.88. The Hall–Kier alpha value is -1.99. The first-order valence-corrected chi connectivity index (χ1v) is 10.5. The summed E-state index contributed by atoms with van der Waals surface area (Å²) < 4.78 is 0. The number of aliphatic carboxylic acids is 1. The van der Waals surface area contributed by atoms with Crippen molar-refractivity contribution in [1.82, 2.24) is 9.88 Å². The molecule has 0 spiro atoms. The van der Waals surface area contributed by atoms with Crippen LogP contribution in [0, 0.1) is 11.3 Å². The van der Waals surface area contributed by atoms with Crippen molar-refractivity contribution in [3.05, 3.63) is 40.4 Å². The molecule has 1 fully saturated rings. The van der Waals surface area contributed by atoms with Crippen molar-refractivity contribution in [3.63, 3.8) is 0 Å². The number of allylic oxidation sites excluding steroid dienone is 2. The summed E-state index contributed by atoms with van der Waals surface area (Å²) in [5.41, 5.74) is -1.45. The lowest BCUT2D eigenvalue weighted by Gasteiger charge is -2.43. The minimum Gasteiger partial charge on any atom is -0.481 e. The Kier molecular flexibility index (Phi) is 5.51. The molecule has 152 valence electrons. The van der Waals surface area contributed by atoms with Crippen LogP contribution < -0.4 is 0 Å². The molecule has 1 saturated heterocycles. The molecule has 28 heavy (non-hydrogen) atoms. The second-order valence-corrected chi connectivity index (χ2v) is 9.44. The van der Waals surface area contributed by atoms with Gasteiger partial charge < -0.3 is 15.1 Å². The fraction of sp³-hybridized carbons (Fsp3) is 0.571. The van der Waals surface area contributed by atoms with Gasteiger partial charge in [-0.1, -0.05) is 24.3 Å². The molecule has 0 saturated carbocycles. The van der Waals surface area contributed by atoms with Gasteiger partial charge in [0.05, 0.1) is 22.0 Å². The first-order valence-electron chi connectivity index (χ1n) is 9.62. The van der Waals surface area contributed by atoms with E-state index in [9.17, 15) is 19.8 Å². The Morgan fingerprint density at radius 3 is 2.64 bits per heavy atom. The number of carbonyl (C=O) groups excluding carboxylic acids is 1. The molecule has 2 heterocycles. The van der Waals surface area contributed by atoms with E-state index in [1.54, 1.807) is 45.1 Å². The highest BCUT2D eigenvalue weighted by atomic mass is 32.1. The zero-order chi connectivity index (χ0) is 20.7. The van der Waals surface area contributed by atoms with E-state index < -0.39 is 22.9 Å². The number of hydrogen-bond acceptors (Lipinski definition) is 5. The van der Waals surface area contributed by atoms with E-state index in [1.165, 1.54) is 11.3 Å². The van der Waals surface area contributed by atoms with Crippen LogP contribution in [-0.4, -0.2) is 44.6 Å². The first kappa shape index (κ1) is 20.7. The number of rotatable bonds is 4. The molecule has 1 aromatic rings. The van der Waals surface area contributed by atoms with E-state index in [0.29, 0.717) is 12.2 Å². The van der Waals surface area contributed by atoms with Crippen molar-refractivity contribution >= 4 is 23.2 Å². The number of thiazole rings is 1. The summed E-state index contributed by atoms with van der Waals surface area (Å²) in [6.45, 7) is 7.65. The largest absolute Gasteiger partial charge is 0.481 e. The fourth-order valence-corrected chi connectivity index (χ4v) is 5.04. The molecule has 0 bridgehead atoms. The normalized spacial score (nSPS) is 30.5. The van der Waals surface area contributed by atoms with Crippen LogP contribution in [0.5, 0.6) is 0 Å². The maximum Gasteiger partial charge on any atom is 0.311 e. The van der Waals surface area contributed by atoms with Gasteiger partial charge in [-0.05, 0) is 40.5 Å². The Morgan fingerprint density at radius 1 is 1.32 bits per heavy atom. The summed E-state index contributed by atoms with van der Waals surface area (Å²) in [7, 11) is 0. The van der Waals surface area contributed by atoms with Gasteiger partial charge in [-0.3, -0.25) is 9.59 Å². The van der Waals surface area contributed by atoms with Crippen LogP contribution in [0.4, 0.5) is 0 Å². The molecule has 1 amide bonds. The number of carboxylic acid groups (broad SMARTS) is 1. The second kappa shape index (κ2) is 7.44. The molecule has 3 rings (SSSR count). The Balaban J connectivity index is 1.84. The summed E-state index contributed by atoms with van der Waals surface area (Å²) >= 11 is 1.51. The lowest BCUT2D eigenvalue weighted by atomic mass is 9.72. The number of likely N-dealkylation sites (tertiary alicyclic amines) is 1. The quantitative estimate of drug-likeness (QED) is 0.804. The average Bonchev–Trinajstić information content (AvgIpc) is 3.12. The Morgan fingerprint density at radius 2 is 2.04 bits per heavy atom. The highest BCUT2D eigenvalue weighted by Gasteiger charge is 2.47. The van der Waals surface area contributed by atoms with E-state index >= 15 is 0 Å². The number of piperidine rings is 1. The molecule has 1 aliphatic heterocycles. The smallest absolute Gasteiger partial charge is 0.311 e.